The maximum atomic E-state index is 12.2. The van der Waals surface area contributed by atoms with Gasteiger partial charge in [-0.15, -0.1) is 0 Å². The number of likely N-dealkylation sites (tertiary alicyclic amines) is 1. The van der Waals surface area contributed by atoms with Crippen molar-refractivity contribution in [2.24, 2.45) is 5.92 Å². The number of benzene rings is 1. The maximum Gasteiger partial charge on any atom is 0.255 e. The molecule has 1 saturated heterocycles. The van der Waals surface area contributed by atoms with Crippen LogP contribution in [-0.2, 0) is 0 Å². The van der Waals surface area contributed by atoms with Crippen LogP contribution in [0.2, 0.25) is 5.02 Å². The van der Waals surface area contributed by atoms with E-state index in [-0.39, 0.29) is 5.91 Å². The second-order valence-electron chi connectivity index (χ2n) is 6.04. The predicted octanol–water partition coefficient (Wildman–Crippen LogP) is 2.80. The van der Waals surface area contributed by atoms with Gasteiger partial charge in [-0.3, -0.25) is 4.79 Å². The van der Waals surface area contributed by atoms with Gasteiger partial charge in [0.05, 0.1) is 5.56 Å². The Morgan fingerprint density at radius 3 is 2.90 bits per heavy atom. The van der Waals surface area contributed by atoms with Crippen LogP contribution in [-0.4, -0.2) is 56.5 Å². The summed E-state index contributed by atoms with van der Waals surface area (Å²) >= 11 is 6.07. The maximum absolute atomic E-state index is 12.2. The van der Waals surface area contributed by atoms with Gasteiger partial charge in [0.25, 0.3) is 5.91 Å². The summed E-state index contributed by atoms with van der Waals surface area (Å²) in [6.07, 6.45) is 2.47. The normalized spacial score (nSPS) is 19.3. The Labute approximate surface area is 132 Å². The molecule has 21 heavy (non-hydrogen) atoms. The lowest BCUT2D eigenvalue weighted by molar-refractivity contribution is 0.0828. The fraction of sp³-hybridized carbons (Fsp3) is 0.562. The van der Waals surface area contributed by atoms with Crippen LogP contribution in [0.25, 0.3) is 0 Å². The van der Waals surface area contributed by atoms with Gasteiger partial charge in [0.1, 0.15) is 0 Å². The number of piperidine rings is 1. The van der Waals surface area contributed by atoms with E-state index in [1.165, 1.54) is 19.4 Å². The van der Waals surface area contributed by atoms with Crippen molar-refractivity contribution in [3.05, 3.63) is 28.8 Å². The first-order valence-corrected chi connectivity index (χ1v) is 7.79. The Balaban J connectivity index is 2.07. The van der Waals surface area contributed by atoms with E-state index >= 15 is 0 Å². The van der Waals surface area contributed by atoms with Gasteiger partial charge >= 0.3 is 0 Å². The molecule has 4 nitrogen and oxygen atoms in total. The van der Waals surface area contributed by atoms with E-state index in [0.29, 0.717) is 16.5 Å². The highest BCUT2D eigenvalue weighted by Gasteiger charge is 2.19. The number of hydrogen-bond acceptors (Lipinski definition) is 3. The molecule has 1 aliphatic heterocycles. The minimum Gasteiger partial charge on any atom is -0.384 e. The second kappa shape index (κ2) is 7.14. The zero-order valence-electron chi connectivity index (χ0n) is 13.0. The van der Waals surface area contributed by atoms with E-state index in [0.717, 1.165) is 18.8 Å². The van der Waals surface area contributed by atoms with Crippen LogP contribution >= 0.6 is 11.6 Å². The van der Waals surface area contributed by atoms with Gasteiger partial charge in [0.2, 0.25) is 0 Å². The van der Waals surface area contributed by atoms with Crippen LogP contribution in [0.5, 0.6) is 0 Å². The van der Waals surface area contributed by atoms with Crippen LogP contribution < -0.4 is 5.32 Å². The third kappa shape index (κ3) is 4.35. The van der Waals surface area contributed by atoms with E-state index < -0.39 is 0 Å². The van der Waals surface area contributed by atoms with Gasteiger partial charge in [-0.05, 0) is 50.6 Å². The molecular weight excluding hydrogens is 286 g/mol. The van der Waals surface area contributed by atoms with Crippen LogP contribution in [0, 0.1) is 5.92 Å². The quantitative estimate of drug-likeness (QED) is 0.929. The van der Waals surface area contributed by atoms with Gasteiger partial charge in [-0.25, -0.2) is 0 Å². The highest BCUT2D eigenvalue weighted by atomic mass is 35.5. The van der Waals surface area contributed by atoms with E-state index in [1.54, 1.807) is 31.1 Å². The monoisotopic (exact) mass is 309 g/mol. The van der Waals surface area contributed by atoms with Gasteiger partial charge in [0.15, 0.2) is 0 Å². The first-order chi connectivity index (χ1) is 9.97. The average Bonchev–Trinajstić information content (AvgIpc) is 2.44. The average molecular weight is 310 g/mol. The summed E-state index contributed by atoms with van der Waals surface area (Å²) < 4.78 is 0. The fourth-order valence-electron chi connectivity index (χ4n) is 2.78. The molecule has 0 spiro atoms. The molecule has 0 radical (unpaired) electrons. The number of amides is 1. The van der Waals surface area contributed by atoms with Crippen LogP contribution in [0.15, 0.2) is 18.2 Å². The molecule has 1 aliphatic rings. The molecule has 1 aromatic carbocycles. The van der Waals surface area contributed by atoms with E-state index in [2.05, 4.69) is 17.3 Å². The summed E-state index contributed by atoms with van der Waals surface area (Å²) in [4.78, 5) is 16.2. The molecule has 116 valence electrons. The lowest BCUT2D eigenvalue weighted by Crippen LogP contribution is -2.35. The molecule has 1 unspecified atom stereocenters. The van der Waals surface area contributed by atoms with Crippen molar-refractivity contribution >= 4 is 23.2 Å². The van der Waals surface area contributed by atoms with Crippen molar-refractivity contribution in [3.63, 3.8) is 0 Å². The third-order valence-corrected chi connectivity index (χ3v) is 4.16. The zero-order chi connectivity index (χ0) is 15.4. The van der Waals surface area contributed by atoms with E-state index in [4.69, 9.17) is 11.6 Å². The summed E-state index contributed by atoms with van der Waals surface area (Å²) in [5, 5.41) is 4.07. The minimum absolute atomic E-state index is 0.00470. The second-order valence-corrected chi connectivity index (χ2v) is 6.48. The number of halogens is 1. The largest absolute Gasteiger partial charge is 0.384 e. The molecule has 1 heterocycles. The summed E-state index contributed by atoms with van der Waals surface area (Å²) in [5.74, 6) is 0.611. The van der Waals surface area contributed by atoms with Crippen molar-refractivity contribution < 1.29 is 4.79 Å². The van der Waals surface area contributed by atoms with Crippen molar-refractivity contribution in [1.29, 1.82) is 0 Å². The predicted molar refractivity (Wildman–Crippen MR) is 88.2 cm³/mol. The Bertz CT molecular complexity index is 504. The number of carbonyl (C=O) groups is 1. The van der Waals surface area contributed by atoms with E-state index in [9.17, 15) is 4.79 Å². The fourth-order valence-corrected chi connectivity index (χ4v) is 2.96. The Hall–Kier alpha value is -1.26. The molecule has 1 atom stereocenters. The third-order valence-electron chi connectivity index (χ3n) is 3.92. The summed E-state index contributed by atoms with van der Waals surface area (Å²) in [6.45, 7) is 3.15. The molecule has 1 fully saturated rings. The number of rotatable bonds is 4. The van der Waals surface area contributed by atoms with E-state index in [1.807, 2.05) is 6.07 Å². The molecule has 0 bridgehead atoms. The molecule has 0 aromatic heterocycles. The van der Waals surface area contributed by atoms with Gasteiger partial charge in [-0.1, -0.05) is 11.6 Å². The van der Waals surface area contributed by atoms with Crippen molar-refractivity contribution in [2.45, 2.75) is 12.8 Å². The number of hydrogen-bond donors (Lipinski definition) is 1. The molecule has 5 heteroatoms. The van der Waals surface area contributed by atoms with Gasteiger partial charge in [-0.2, -0.15) is 0 Å². The molecule has 0 aliphatic carbocycles. The first kappa shape index (κ1) is 16.1. The zero-order valence-corrected chi connectivity index (χ0v) is 13.8. The van der Waals surface area contributed by atoms with Gasteiger partial charge in [0, 0.05) is 37.9 Å². The molecule has 0 saturated carbocycles. The molecule has 2 rings (SSSR count). The van der Waals surface area contributed by atoms with Crippen LogP contribution in [0.3, 0.4) is 0 Å². The number of carbonyl (C=O) groups excluding carboxylic acids is 1. The highest BCUT2D eigenvalue weighted by Crippen LogP contribution is 2.23. The van der Waals surface area contributed by atoms with Crippen molar-refractivity contribution in [3.8, 4) is 0 Å². The molecule has 1 amide bonds. The molecule has 1 N–H and O–H groups in total. The number of nitrogens with one attached hydrogen (secondary N) is 1. The Morgan fingerprint density at radius 1 is 1.48 bits per heavy atom. The van der Waals surface area contributed by atoms with Crippen LogP contribution in [0.1, 0.15) is 23.2 Å². The summed E-state index contributed by atoms with van der Waals surface area (Å²) in [7, 11) is 5.68. The first-order valence-electron chi connectivity index (χ1n) is 7.41. The number of anilines is 1. The lowest BCUT2D eigenvalue weighted by atomic mass is 9.98. The van der Waals surface area contributed by atoms with Crippen molar-refractivity contribution in [1.82, 2.24) is 9.80 Å². The summed E-state index contributed by atoms with van der Waals surface area (Å²) in [5.41, 5.74) is 1.50. The van der Waals surface area contributed by atoms with Gasteiger partial charge < -0.3 is 15.1 Å². The smallest absolute Gasteiger partial charge is 0.255 e. The lowest BCUT2D eigenvalue weighted by Gasteiger charge is -2.30. The standard InChI is InChI=1S/C16H24ClN3O/c1-19(2)16(21)14-7-6-13(17)9-15(14)18-10-12-5-4-8-20(3)11-12/h6-7,9,12,18H,4-5,8,10-11H2,1-3H3. The topological polar surface area (TPSA) is 35.6 Å². The SMILES string of the molecule is CN1CCCC(CNc2cc(Cl)ccc2C(=O)N(C)C)C1. The molecule has 1 aromatic rings. The molecular formula is C16H24ClN3O. The van der Waals surface area contributed by atoms with Crippen LogP contribution in [0.4, 0.5) is 5.69 Å². The Kier molecular flexibility index (Phi) is 5.48. The summed E-state index contributed by atoms with van der Waals surface area (Å²) in [6, 6.07) is 5.39. The highest BCUT2D eigenvalue weighted by molar-refractivity contribution is 6.31. The Morgan fingerprint density at radius 2 is 2.24 bits per heavy atom. The minimum atomic E-state index is -0.00470. The van der Waals surface area contributed by atoms with Crippen molar-refractivity contribution in [2.75, 3.05) is 46.1 Å². The number of nitrogens with zero attached hydrogens (tertiary/aromatic N) is 2.